The molecule has 1 amide bonds. The minimum Gasteiger partial charge on any atom is -0.373 e. The number of rotatable bonds is 5. The molecule has 0 aliphatic carbocycles. The number of hydrogen-bond donors (Lipinski definition) is 0. The Balaban J connectivity index is 1.54. The van der Waals surface area contributed by atoms with Gasteiger partial charge in [-0.2, -0.15) is 17.0 Å². The van der Waals surface area contributed by atoms with Gasteiger partial charge in [0.25, 0.3) is 10.2 Å². The first-order valence-electron chi connectivity index (χ1n) is 10.0. The number of benzene rings is 1. The molecule has 28 heavy (non-hydrogen) atoms. The molecule has 1 aromatic carbocycles. The van der Waals surface area contributed by atoms with Crippen molar-refractivity contribution in [2.45, 2.75) is 45.3 Å². The van der Waals surface area contributed by atoms with Crippen LogP contribution in [0.3, 0.4) is 0 Å². The van der Waals surface area contributed by atoms with Gasteiger partial charge in [0.15, 0.2) is 0 Å². The summed E-state index contributed by atoms with van der Waals surface area (Å²) in [5, 5.41) is 0. The zero-order valence-corrected chi connectivity index (χ0v) is 17.8. The predicted octanol–water partition coefficient (Wildman–Crippen LogP) is 1.68. The van der Waals surface area contributed by atoms with Crippen LogP contribution < -0.4 is 0 Å². The van der Waals surface area contributed by atoms with Gasteiger partial charge in [-0.3, -0.25) is 4.79 Å². The highest BCUT2D eigenvalue weighted by Gasteiger charge is 2.37. The van der Waals surface area contributed by atoms with Crippen LogP contribution in [0.25, 0.3) is 0 Å². The van der Waals surface area contributed by atoms with E-state index in [0.717, 1.165) is 5.56 Å². The van der Waals surface area contributed by atoms with Gasteiger partial charge in [-0.15, -0.1) is 0 Å². The first-order chi connectivity index (χ1) is 13.3. The molecule has 3 atom stereocenters. The minimum atomic E-state index is -3.52. The van der Waals surface area contributed by atoms with E-state index in [0.29, 0.717) is 45.7 Å². The number of ether oxygens (including phenoxy) is 1. The van der Waals surface area contributed by atoms with Crippen molar-refractivity contribution in [3.05, 3.63) is 35.9 Å². The number of piperazine rings is 1. The summed E-state index contributed by atoms with van der Waals surface area (Å²) in [5.74, 6) is 0.230. The maximum atomic E-state index is 13.0. The third-order valence-electron chi connectivity index (χ3n) is 5.48. The van der Waals surface area contributed by atoms with Crippen molar-refractivity contribution < 1.29 is 17.9 Å². The second kappa shape index (κ2) is 8.90. The SMILES string of the molecule is C[C@@H]1CN(S(=O)(=O)N2CCN(C(=O)C[C@H](C)c3ccccc3)CC2)C[C@H](C)O1. The molecule has 0 spiro atoms. The molecule has 0 bridgehead atoms. The molecule has 2 heterocycles. The van der Waals surface area contributed by atoms with Crippen molar-refractivity contribution in [2.75, 3.05) is 39.3 Å². The highest BCUT2D eigenvalue weighted by atomic mass is 32.2. The van der Waals surface area contributed by atoms with Gasteiger partial charge >= 0.3 is 0 Å². The highest BCUT2D eigenvalue weighted by molar-refractivity contribution is 7.86. The maximum Gasteiger partial charge on any atom is 0.282 e. The van der Waals surface area contributed by atoms with Crippen LogP contribution in [-0.2, 0) is 19.7 Å². The van der Waals surface area contributed by atoms with E-state index in [4.69, 9.17) is 4.74 Å². The zero-order chi connectivity index (χ0) is 20.3. The molecule has 156 valence electrons. The van der Waals surface area contributed by atoms with Crippen molar-refractivity contribution in [1.82, 2.24) is 13.5 Å². The average Bonchev–Trinajstić information content (AvgIpc) is 2.68. The molecule has 3 rings (SSSR count). The number of hydrogen-bond acceptors (Lipinski definition) is 4. The predicted molar refractivity (Wildman–Crippen MR) is 108 cm³/mol. The first-order valence-corrected chi connectivity index (χ1v) is 11.4. The van der Waals surface area contributed by atoms with E-state index in [-0.39, 0.29) is 24.0 Å². The van der Waals surface area contributed by atoms with Crippen molar-refractivity contribution >= 4 is 16.1 Å². The highest BCUT2D eigenvalue weighted by Crippen LogP contribution is 2.22. The van der Waals surface area contributed by atoms with Crippen LogP contribution in [-0.4, -0.2) is 79.3 Å². The summed E-state index contributed by atoms with van der Waals surface area (Å²) in [6, 6.07) is 9.99. The van der Waals surface area contributed by atoms with Crippen LogP contribution in [0.5, 0.6) is 0 Å². The zero-order valence-electron chi connectivity index (χ0n) is 17.0. The smallest absolute Gasteiger partial charge is 0.282 e. The molecule has 2 aliphatic rings. The standard InChI is InChI=1S/C20H31N3O4S/c1-16(19-7-5-4-6-8-19)13-20(24)21-9-11-22(12-10-21)28(25,26)23-14-17(2)27-18(3)15-23/h4-8,16-18H,9-15H2,1-3H3/t16-,17-,18+/m0/s1. The van der Waals surface area contributed by atoms with Crippen LogP contribution in [0.4, 0.5) is 0 Å². The molecule has 8 heteroatoms. The molecule has 7 nitrogen and oxygen atoms in total. The van der Waals surface area contributed by atoms with E-state index in [1.807, 2.05) is 44.2 Å². The van der Waals surface area contributed by atoms with Crippen molar-refractivity contribution in [3.63, 3.8) is 0 Å². The van der Waals surface area contributed by atoms with Gasteiger partial charge in [-0.1, -0.05) is 37.3 Å². The molecule has 2 saturated heterocycles. The van der Waals surface area contributed by atoms with Gasteiger partial charge in [0.2, 0.25) is 5.91 Å². The third kappa shape index (κ3) is 4.92. The van der Waals surface area contributed by atoms with Gasteiger partial charge in [0.05, 0.1) is 12.2 Å². The lowest BCUT2D eigenvalue weighted by Crippen LogP contribution is -2.57. The molecular formula is C20H31N3O4S. The van der Waals surface area contributed by atoms with Crippen LogP contribution in [0.2, 0.25) is 0 Å². The molecule has 2 fully saturated rings. The fourth-order valence-corrected chi connectivity index (χ4v) is 5.69. The largest absolute Gasteiger partial charge is 0.373 e. The molecule has 0 unspecified atom stereocenters. The normalized spacial score (nSPS) is 26.2. The quantitative estimate of drug-likeness (QED) is 0.742. The summed E-state index contributed by atoms with van der Waals surface area (Å²) in [7, 11) is -3.52. The Bertz CT molecular complexity index is 753. The number of carbonyl (C=O) groups excluding carboxylic acids is 1. The van der Waals surface area contributed by atoms with E-state index < -0.39 is 10.2 Å². The Morgan fingerprint density at radius 2 is 1.61 bits per heavy atom. The fourth-order valence-electron chi connectivity index (χ4n) is 3.94. The second-order valence-electron chi connectivity index (χ2n) is 7.88. The minimum absolute atomic E-state index is 0.0852. The number of morpholine rings is 1. The molecule has 2 aliphatic heterocycles. The second-order valence-corrected chi connectivity index (χ2v) is 9.81. The Kier molecular flexibility index (Phi) is 6.75. The van der Waals surface area contributed by atoms with Gasteiger partial charge in [0.1, 0.15) is 0 Å². The van der Waals surface area contributed by atoms with Crippen molar-refractivity contribution in [1.29, 1.82) is 0 Å². The van der Waals surface area contributed by atoms with Crippen molar-refractivity contribution in [3.8, 4) is 0 Å². The van der Waals surface area contributed by atoms with Gasteiger partial charge in [-0.05, 0) is 25.3 Å². The van der Waals surface area contributed by atoms with E-state index in [1.165, 1.54) is 8.61 Å². The average molecular weight is 410 g/mol. The van der Waals surface area contributed by atoms with E-state index in [9.17, 15) is 13.2 Å². The summed E-state index contributed by atoms with van der Waals surface area (Å²) in [4.78, 5) is 14.4. The van der Waals surface area contributed by atoms with Crippen LogP contribution in [0, 0.1) is 0 Å². The molecule has 0 saturated carbocycles. The fraction of sp³-hybridized carbons (Fsp3) is 0.650. The Labute approximate surface area is 168 Å². The summed E-state index contributed by atoms with van der Waals surface area (Å²) < 4.78 is 34.6. The number of amides is 1. The molecular weight excluding hydrogens is 378 g/mol. The summed E-state index contributed by atoms with van der Waals surface area (Å²) in [5.41, 5.74) is 1.15. The lowest BCUT2D eigenvalue weighted by atomic mass is 9.97. The Morgan fingerprint density at radius 1 is 1.04 bits per heavy atom. The van der Waals surface area contributed by atoms with Crippen LogP contribution >= 0.6 is 0 Å². The monoisotopic (exact) mass is 409 g/mol. The van der Waals surface area contributed by atoms with E-state index in [2.05, 4.69) is 6.92 Å². The maximum absolute atomic E-state index is 13.0. The summed E-state index contributed by atoms with van der Waals surface area (Å²) in [6.45, 7) is 8.15. The van der Waals surface area contributed by atoms with Crippen molar-refractivity contribution in [2.24, 2.45) is 0 Å². The van der Waals surface area contributed by atoms with E-state index in [1.54, 1.807) is 4.90 Å². The van der Waals surface area contributed by atoms with Crippen LogP contribution in [0.1, 0.15) is 38.7 Å². The topological polar surface area (TPSA) is 70.2 Å². The van der Waals surface area contributed by atoms with Crippen LogP contribution in [0.15, 0.2) is 30.3 Å². The summed E-state index contributed by atoms with van der Waals surface area (Å²) >= 11 is 0. The van der Waals surface area contributed by atoms with E-state index >= 15 is 0 Å². The molecule has 0 aromatic heterocycles. The number of carbonyl (C=O) groups is 1. The van der Waals surface area contributed by atoms with Gasteiger partial charge < -0.3 is 9.64 Å². The first kappa shape index (κ1) is 21.2. The Morgan fingerprint density at radius 3 is 2.18 bits per heavy atom. The van der Waals surface area contributed by atoms with Gasteiger partial charge in [-0.25, -0.2) is 0 Å². The lowest BCUT2D eigenvalue weighted by Gasteiger charge is -2.40. The molecule has 1 aromatic rings. The number of nitrogens with zero attached hydrogens (tertiary/aromatic N) is 3. The lowest BCUT2D eigenvalue weighted by molar-refractivity contribution is -0.132. The molecule has 0 N–H and O–H groups in total. The Hall–Kier alpha value is -1.48. The molecule has 0 radical (unpaired) electrons. The third-order valence-corrected chi connectivity index (χ3v) is 7.45. The van der Waals surface area contributed by atoms with Gasteiger partial charge in [0, 0.05) is 45.7 Å². The summed E-state index contributed by atoms with van der Waals surface area (Å²) in [6.07, 6.45) is 0.219.